The summed E-state index contributed by atoms with van der Waals surface area (Å²) < 4.78 is 29.7. The standard InChI is InChI=1S/C23H18Cl2F2N4OS/c1-11-5-13(7-15(24)20(11)23(32)33)18-9-19(30-10-29-18)28-3-4-31-12(2)6-14-21(27)17(26)8-16(25)22(14)31/h5-10H,3-4H2,1-2H3,(H,32,33)(H,28,29,30). The highest BCUT2D eigenvalue weighted by Gasteiger charge is 2.17. The molecule has 0 spiro atoms. The summed E-state index contributed by atoms with van der Waals surface area (Å²) in [5.41, 5.74) is 3.62. The van der Waals surface area contributed by atoms with E-state index in [4.69, 9.17) is 23.2 Å². The Labute approximate surface area is 204 Å². The quantitative estimate of drug-likeness (QED) is 0.232. The predicted octanol–water partition coefficient (Wildman–Crippen LogP) is 6.48. The third kappa shape index (κ3) is 4.55. The maximum Gasteiger partial charge on any atom is 0.218 e. The van der Waals surface area contributed by atoms with Gasteiger partial charge in [-0.2, -0.15) is 0 Å². The number of aryl methyl sites for hydroxylation is 2. The molecule has 0 aliphatic carbocycles. The van der Waals surface area contributed by atoms with Crippen molar-refractivity contribution in [3.05, 3.63) is 75.2 Å². The Morgan fingerprint density at radius 2 is 1.85 bits per heavy atom. The van der Waals surface area contributed by atoms with Crippen molar-refractivity contribution in [1.82, 2.24) is 14.5 Å². The second-order valence-electron chi connectivity index (χ2n) is 7.52. The van der Waals surface area contributed by atoms with E-state index in [9.17, 15) is 13.6 Å². The first-order chi connectivity index (χ1) is 15.7. The van der Waals surface area contributed by atoms with Crippen LogP contribution in [0.5, 0.6) is 0 Å². The van der Waals surface area contributed by atoms with Crippen molar-refractivity contribution in [3.63, 3.8) is 0 Å². The lowest BCUT2D eigenvalue weighted by molar-refractivity contribution is 0.109. The number of nitrogens with zero attached hydrogens (tertiary/aromatic N) is 3. The summed E-state index contributed by atoms with van der Waals surface area (Å²) >= 11 is 16.3. The number of halogens is 4. The van der Waals surface area contributed by atoms with Crippen LogP contribution in [0.15, 0.2) is 36.7 Å². The molecule has 4 aromatic rings. The van der Waals surface area contributed by atoms with Gasteiger partial charge in [-0.05, 0) is 43.7 Å². The van der Waals surface area contributed by atoms with E-state index in [-0.39, 0.29) is 10.4 Å². The van der Waals surface area contributed by atoms with E-state index >= 15 is 0 Å². The van der Waals surface area contributed by atoms with Crippen molar-refractivity contribution >= 4 is 57.7 Å². The minimum atomic E-state index is -0.974. The van der Waals surface area contributed by atoms with Gasteiger partial charge in [0, 0.05) is 35.8 Å². The Morgan fingerprint density at radius 1 is 1.09 bits per heavy atom. The topological polar surface area (TPSA) is 59.8 Å². The Kier molecular flexibility index (Phi) is 6.61. The number of aromatic nitrogens is 3. The molecular weight excluding hydrogens is 489 g/mol. The van der Waals surface area contributed by atoms with E-state index in [0.29, 0.717) is 46.3 Å². The zero-order valence-electron chi connectivity index (χ0n) is 17.6. The molecule has 0 saturated heterocycles. The second-order valence-corrected chi connectivity index (χ2v) is 8.74. The molecule has 2 heterocycles. The lowest BCUT2D eigenvalue weighted by atomic mass is 10.0. The van der Waals surface area contributed by atoms with Crippen LogP contribution in [0.3, 0.4) is 0 Å². The first kappa shape index (κ1) is 23.5. The lowest BCUT2D eigenvalue weighted by Crippen LogP contribution is -2.12. The highest BCUT2D eigenvalue weighted by atomic mass is 35.5. The molecule has 0 saturated carbocycles. The SMILES string of the molecule is Cc1cc(-c2cc(NCCn3c(C)cc4c(F)c(F)cc(Cl)c43)ncn2)cc(Cl)c1C(=O)S. The number of benzene rings is 2. The molecule has 2 aromatic carbocycles. The number of hydrogen-bond acceptors (Lipinski definition) is 4. The van der Waals surface area contributed by atoms with Crippen molar-refractivity contribution in [2.24, 2.45) is 0 Å². The monoisotopic (exact) mass is 506 g/mol. The number of rotatable bonds is 6. The van der Waals surface area contributed by atoms with Crippen molar-refractivity contribution in [2.45, 2.75) is 20.4 Å². The zero-order chi connectivity index (χ0) is 23.9. The Morgan fingerprint density at radius 3 is 2.55 bits per heavy atom. The predicted molar refractivity (Wildman–Crippen MR) is 131 cm³/mol. The third-order valence-electron chi connectivity index (χ3n) is 5.34. The van der Waals surface area contributed by atoms with Gasteiger partial charge in [0.2, 0.25) is 5.12 Å². The van der Waals surface area contributed by atoms with E-state index in [1.165, 1.54) is 6.33 Å². The molecule has 4 rings (SSSR count). The molecule has 33 heavy (non-hydrogen) atoms. The minimum absolute atomic E-state index is 0.150. The van der Waals surface area contributed by atoms with Gasteiger partial charge in [-0.3, -0.25) is 4.79 Å². The summed E-state index contributed by atoms with van der Waals surface area (Å²) in [6.45, 7) is 4.48. The first-order valence-corrected chi connectivity index (χ1v) is 11.1. The maximum atomic E-state index is 14.2. The molecule has 1 N–H and O–H groups in total. The molecule has 0 fully saturated rings. The molecule has 10 heteroatoms. The average molecular weight is 507 g/mol. The van der Waals surface area contributed by atoms with Crippen LogP contribution in [0.1, 0.15) is 21.6 Å². The summed E-state index contributed by atoms with van der Waals surface area (Å²) in [5, 5.41) is 3.41. The molecule has 0 radical (unpaired) electrons. The summed E-state index contributed by atoms with van der Waals surface area (Å²) in [6, 6.07) is 7.80. The van der Waals surface area contributed by atoms with Crippen LogP contribution in [0, 0.1) is 25.5 Å². The maximum absolute atomic E-state index is 14.2. The first-order valence-electron chi connectivity index (χ1n) is 9.90. The molecule has 5 nitrogen and oxygen atoms in total. The van der Waals surface area contributed by atoms with Crippen molar-refractivity contribution in [1.29, 1.82) is 0 Å². The van der Waals surface area contributed by atoms with Crippen molar-refractivity contribution < 1.29 is 13.6 Å². The van der Waals surface area contributed by atoms with Crippen LogP contribution in [0.2, 0.25) is 10.0 Å². The Hall–Kier alpha value is -2.68. The summed E-state index contributed by atoms with van der Waals surface area (Å²) in [5.74, 6) is -1.32. The summed E-state index contributed by atoms with van der Waals surface area (Å²) in [6.07, 6.45) is 1.42. The average Bonchev–Trinajstić information content (AvgIpc) is 3.08. The molecule has 0 aliphatic rings. The summed E-state index contributed by atoms with van der Waals surface area (Å²) in [4.78, 5) is 20.2. The van der Waals surface area contributed by atoms with Gasteiger partial charge in [0.1, 0.15) is 12.1 Å². The number of nitrogens with one attached hydrogen (secondary N) is 1. The summed E-state index contributed by atoms with van der Waals surface area (Å²) in [7, 11) is 0. The molecular formula is C23H18Cl2F2N4OS. The zero-order valence-corrected chi connectivity index (χ0v) is 20.0. The van der Waals surface area contributed by atoms with Gasteiger partial charge in [0.25, 0.3) is 0 Å². The minimum Gasteiger partial charge on any atom is -0.368 e. The number of thiol groups is 1. The fraction of sp³-hybridized carbons (Fsp3) is 0.174. The lowest BCUT2D eigenvalue weighted by Gasteiger charge is -2.12. The van der Waals surface area contributed by atoms with Crippen LogP contribution in [0.25, 0.3) is 22.2 Å². The van der Waals surface area contributed by atoms with Gasteiger partial charge in [-0.15, -0.1) is 12.6 Å². The number of hydrogen-bond donors (Lipinski definition) is 2. The fourth-order valence-corrected chi connectivity index (χ4v) is 4.85. The number of anilines is 1. The van der Waals surface area contributed by atoms with E-state index < -0.39 is 16.7 Å². The van der Waals surface area contributed by atoms with E-state index in [1.54, 1.807) is 25.1 Å². The molecule has 170 valence electrons. The second kappa shape index (κ2) is 9.29. The van der Waals surface area contributed by atoms with E-state index in [0.717, 1.165) is 17.3 Å². The van der Waals surface area contributed by atoms with E-state index in [2.05, 4.69) is 27.9 Å². The highest BCUT2D eigenvalue weighted by Crippen LogP contribution is 2.31. The largest absolute Gasteiger partial charge is 0.368 e. The van der Waals surface area contributed by atoms with Crippen molar-refractivity contribution in [3.8, 4) is 11.3 Å². The van der Waals surface area contributed by atoms with Crippen molar-refractivity contribution in [2.75, 3.05) is 11.9 Å². The van der Waals surface area contributed by atoms with Gasteiger partial charge in [-0.1, -0.05) is 23.2 Å². The van der Waals surface area contributed by atoms with Gasteiger partial charge >= 0.3 is 0 Å². The van der Waals surface area contributed by atoms with Gasteiger partial charge in [-0.25, -0.2) is 18.7 Å². The normalized spacial score (nSPS) is 11.2. The smallest absolute Gasteiger partial charge is 0.218 e. The molecule has 2 aromatic heterocycles. The number of fused-ring (bicyclic) bond motifs is 1. The molecule has 0 bridgehead atoms. The highest BCUT2D eigenvalue weighted by molar-refractivity contribution is 7.97. The van der Waals surface area contributed by atoms with Gasteiger partial charge in [0.15, 0.2) is 11.6 Å². The van der Waals surface area contributed by atoms with Crippen LogP contribution < -0.4 is 5.32 Å². The number of carbonyl (C=O) groups excluding carboxylic acids is 1. The van der Waals surface area contributed by atoms with E-state index in [1.807, 2.05) is 17.6 Å². The van der Waals surface area contributed by atoms with Gasteiger partial charge in [0.05, 0.1) is 26.8 Å². The number of carbonyl (C=O) groups is 1. The third-order valence-corrected chi connectivity index (χ3v) is 6.15. The van der Waals surface area contributed by atoms with Crippen LogP contribution in [-0.4, -0.2) is 26.2 Å². The molecule has 0 aliphatic heterocycles. The van der Waals surface area contributed by atoms with Gasteiger partial charge < -0.3 is 9.88 Å². The molecule has 0 amide bonds. The van der Waals surface area contributed by atoms with Crippen LogP contribution in [0.4, 0.5) is 14.6 Å². The Balaban J connectivity index is 1.55. The van der Waals surface area contributed by atoms with Crippen LogP contribution >= 0.6 is 35.8 Å². The molecule has 0 unspecified atom stereocenters. The Bertz CT molecular complexity index is 1380. The fourth-order valence-electron chi connectivity index (χ4n) is 3.83. The molecule has 0 atom stereocenters. The van der Waals surface area contributed by atoms with Crippen LogP contribution in [-0.2, 0) is 6.54 Å².